The lowest BCUT2D eigenvalue weighted by atomic mass is 9.91. The Morgan fingerprint density at radius 1 is 1.50 bits per heavy atom. The second kappa shape index (κ2) is 3.02. The van der Waals surface area contributed by atoms with Crippen molar-refractivity contribution in [2.24, 2.45) is 10.9 Å². The van der Waals surface area contributed by atoms with Gasteiger partial charge in [0, 0.05) is 18.4 Å². The minimum Gasteiger partial charge on any atom is -0.272 e. The van der Waals surface area contributed by atoms with Crippen LogP contribution in [0, 0.1) is 16.0 Å². The molecule has 0 saturated heterocycles. The first kappa shape index (κ1) is 8.55. The Morgan fingerprint density at radius 2 is 2.29 bits per heavy atom. The maximum absolute atomic E-state index is 11.2. The van der Waals surface area contributed by atoms with Crippen molar-refractivity contribution < 1.29 is 9.72 Å². The summed E-state index contributed by atoms with van der Waals surface area (Å²) in [6, 6.07) is 0. The van der Waals surface area contributed by atoms with Gasteiger partial charge >= 0.3 is 0 Å². The number of nitro groups is 1. The molecule has 5 nitrogen and oxygen atoms in total. The highest BCUT2D eigenvalue weighted by Gasteiger charge is 2.26. The molecule has 1 heterocycles. The predicted octanol–water partition coefficient (Wildman–Crippen LogP) is 0.870. The molecule has 1 unspecified atom stereocenters. The average Bonchev–Trinajstić information content (AvgIpc) is 2.17. The van der Waals surface area contributed by atoms with E-state index in [9.17, 15) is 14.9 Å². The van der Waals surface area contributed by atoms with Crippen LogP contribution in [-0.2, 0) is 4.79 Å². The molecule has 1 amide bonds. The van der Waals surface area contributed by atoms with Gasteiger partial charge in [-0.1, -0.05) is 6.08 Å². The molecular formula is C9H6N2O3. The third kappa shape index (κ3) is 1.28. The van der Waals surface area contributed by atoms with Crippen LogP contribution in [0.3, 0.4) is 0 Å². The first-order chi connectivity index (χ1) is 6.68. The first-order valence-corrected chi connectivity index (χ1v) is 4.01. The van der Waals surface area contributed by atoms with Gasteiger partial charge in [-0.05, 0) is 11.6 Å². The monoisotopic (exact) mass is 190 g/mol. The number of hydrogen-bond acceptors (Lipinski definition) is 3. The summed E-state index contributed by atoms with van der Waals surface area (Å²) in [6.07, 6.45) is 7.21. The topological polar surface area (TPSA) is 72.6 Å². The largest absolute Gasteiger partial charge is 0.272 e. The van der Waals surface area contributed by atoms with Gasteiger partial charge in [-0.2, -0.15) is 0 Å². The number of carbonyl (C=O) groups is 1. The van der Waals surface area contributed by atoms with Gasteiger partial charge in [-0.15, -0.1) is 0 Å². The van der Waals surface area contributed by atoms with Crippen molar-refractivity contribution >= 4 is 12.1 Å². The van der Waals surface area contributed by atoms with Crippen LogP contribution in [-0.4, -0.2) is 17.0 Å². The number of amides is 1. The van der Waals surface area contributed by atoms with Crippen molar-refractivity contribution in [2.75, 3.05) is 0 Å². The fraction of sp³-hybridized carbons (Fsp3) is 0.111. The normalized spacial score (nSPS) is 24.0. The second-order valence-electron chi connectivity index (χ2n) is 2.95. The lowest BCUT2D eigenvalue weighted by molar-refractivity contribution is -0.419. The highest BCUT2D eigenvalue weighted by atomic mass is 16.6. The van der Waals surface area contributed by atoms with E-state index in [2.05, 4.69) is 4.99 Å². The Morgan fingerprint density at radius 3 is 3.00 bits per heavy atom. The number of rotatable bonds is 1. The molecule has 1 aliphatic heterocycles. The molecule has 0 aromatic heterocycles. The Labute approximate surface area is 79.3 Å². The minimum absolute atomic E-state index is 0.00407. The Kier molecular flexibility index (Phi) is 1.85. The van der Waals surface area contributed by atoms with Crippen molar-refractivity contribution in [2.45, 2.75) is 0 Å². The fourth-order valence-electron chi connectivity index (χ4n) is 1.38. The summed E-state index contributed by atoms with van der Waals surface area (Å²) in [7, 11) is 0. The van der Waals surface area contributed by atoms with Crippen molar-refractivity contribution in [1.82, 2.24) is 0 Å². The zero-order valence-corrected chi connectivity index (χ0v) is 7.08. The minimum atomic E-state index is -0.482. The van der Waals surface area contributed by atoms with Crippen LogP contribution in [0.2, 0.25) is 0 Å². The predicted molar refractivity (Wildman–Crippen MR) is 49.3 cm³/mol. The van der Waals surface area contributed by atoms with E-state index in [0.717, 1.165) is 0 Å². The number of fused-ring (bicyclic) bond motifs is 1. The number of nitrogens with zero attached hydrogens (tertiary/aromatic N) is 2. The molecule has 5 heteroatoms. The van der Waals surface area contributed by atoms with E-state index in [-0.39, 0.29) is 11.6 Å². The van der Waals surface area contributed by atoms with E-state index in [1.54, 1.807) is 6.08 Å². The number of hydrogen-bond donors (Lipinski definition) is 0. The summed E-state index contributed by atoms with van der Waals surface area (Å²) in [5.41, 5.74) is 0.620. The lowest BCUT2D eigenvalue weighted by Gasteiger charge is -2.15. The zero-order chi connectivity index (χ0) is 10.1. The molecule has 1 aliphatic carbocycles. The third-order valence-electron chi connectivity index (χ3n) is 2.08. The van der Waals surface area contributed by atoms with Crippen molar-refractivity contribution in [3.63, 3.8) is 0 Å². The smallest absolute Gasteiger partial charge is 0.269 e. The molecule has 0 spiro atoms. The summed E-state index contributed by atoms with van der Waals surface area (Å²) in [5.74, 6) is -0.721. The standard InChI is InChI=1S/C9H6N2O3/c12-9-8-2-1-7(11(13)14)5-6(8)3-4-10-9/h1-5,8H. The van der Waals surface area contributed by atoms with E-state index in [1.165, 1.54) is 24.4 Å². The first-order valence-electron chi connectivity index (χ1n) is 4.01. The summed E-state index contributed by atoms with van der Waals surface area (Å²) in [4.78, 5) is 24.8. The molecule has 2 aliphatic rings. The van der Waals surface area contributed by atoms with E-state index >= 15 is 0 Å². The van der Waals surface area contributed by atoms with Gasteiger partial charge in [0.05, 0.1) is 10.8 Å². The quantitative estimate of drug-likeness (QED) is 0.455. The van der Waals surface area contributed by atoms with Crippen LogP contribution in [0.15, 0.2) is 40.6 Å². The molecule has 0 aromatic rings. The van der Waals surface area contributed by atoms with Gasteiger partial charge in [0.1, 0.15) is 0 Å². The van der Waals surface area contributed by atoms with Gasteiger partial charge in [0.25, 0.3) is 11.6 Å². The average molecular weight is 190 g/mol. The molecule has 0 aromatic carbocycles. The van der Waals surface area contributed by atoms with E-state index in [1.807, 2.05) is 0 Å². The Bertz CT molecular complexity index is 429. The zero-order valence-electron chi connectivity index (χ0n) is 7.08. The highest BCUT2D eigenvalue weighted by molar-refractivity contribution is 5.97. The summed E-state index contributed by atoms with van der Waals surface area (Å²) >= 11 is 0. The molecule has 2 rings (SSSR count). The number of allylic oxidation sites excluding steroid dienone is 3. The molecule has 0 saturated carbocycles. The SMILES string of the molecule is O=C1N=CC=C2C=C([N+](=O)[O-])C=CC12. The fourth-order valence-corrected chi connectivity index (χ4v) is 1.38. The van der Waals surface area contributed by atoms with Gasteiger partial charge < -0.3 is 0 Å². The van der Waals surface area contributed by atoms with Crippen molar-refractivity contribution in [1.29, 1.82) is 0 Å². The van der Waals surface area contributed by atoms with Crippen molar-refractivity contribution in [3.05, 3.63) is 45.7 Å². The molecule has 0 N–H and O–H groups in total. The maximum Gasteiger partial charge on any atom is 0.269 e. The molecule has 1 atom stereocenters. The van der Waals surface area contributed by atoms with E-state index in [4.69, 9.17) is 0 Å². The van der Waals surface area contributed by atoms with Crippen LogP contribution >= 0.6 is 0 Å². The van der Waals surface area contributed by atoms with Gasteiger partial charge in [0.15, 0.2) is 0 Å². The lowest BCUT2D eigenvalue weighted by Crippen LogP contribution is -2.18. The number of aliphatic imine (C=N–C) groups is 1. The van der Waals surface area contributed by atoms with Crippen LogP contribution in [0.4, 0.5) is 0 Å². The number of carbonyl (C=O) groups excluding carboxylic acids is 1. The molecule has 14 heavy (non-hydrogen) atoms. The van der Waals surface area contributed by atoms with E-state index in [0.29, 0.717) is 5.57 Å². The molecule has 0 radical (unpaired) electrons. The summed E-state index contributed by atoms with van der Waals surface area (Å²) < 4.78 is 0. The third-order valence-corrected chi connectivity index (χ3v) is 2.08. The summed E-state index contributed by atoms with van der Waals surface area (Å²) in [5, 5.41) is 10.5. The van der Waals surface area contributed by atoms with Gasteiger partial charge in [-0.25, -0.2) is 4.99 Å². The van der Waals surface area contributed by atoms with Gasteiger partial charge in [0.2, 0.25) is 0 Å². The van der Waals surface area contributed by atoms with Crippen LogP contribution in [0.25, 0.3) is 0 Å². The summed E-state index contributed by atoms with van der Waals surface area (Å²) in [6.45, 7) is 0. The van der Waals surface area contributed by atoms with Crippen LogP contribution in [0.1, 0.15) is 0 Å². The molecular weight excluding hydrogens is 184 g/mol. The van der Waals surface area contributed by atoms with Crippen molar-refractivity contribution in [3.8, 4) is 0 Å². The molecule has 0 bridgehead atoms. The van der Waals surface area contributed by atoms with Gasteiger partial charge in [-0.3, -0.25) is 14.9 Å². The van der Waals surface area contributed by atoms with Crippen LogP contribution in [0.5, 0.6) is 0 Å². The molecule has 0 fully saturated rings. The number of dihydropyridines is 1. The highest BCUT2D eigenvalue weighted by Crippen LogP contribution is 2.25. The maximum atomic E-state index is 11.2. The van der Waals surface area contributed by atoms with Crippen LogP contribution < -0.4 is 0 Å². The molecule has 70 valence electrons. The Balaban J connectivity index is 2.40. The second-order valence-corrected chi connectivity index (χ2v) is 2.95. The van der Waals surface area contributed by atoms with E-state index < -0.39 is 10.8 Å². The Hall–Kier alpha value is -2.04.